The maximum Gasteiger partial charge on any atom is 0.340 e. The first-order chi connectivity index (χ1) is 9.13. The Morgan fingerprint density at radius 3 is 2.53 bits per heavy atom. The molecular formula is C14H20N2O3. The lowest BCUT2D eigenvalue weighted by molar-refractivity contribution is -0.121. The van der Waals surface area contributed by atoms with Gasteiger partial charge in [-0.3, -0.25) is 4.79 Å². The second kappa shape index (κ2) is 7.41. The number of nitrogens with one attached hydrogen (secondary N) is 2. The first-order valence-corrected chi connectivity index (χ1v) is 6.38. The molecule has 0 aliphatic carbocycles. The Hall–Kier alpha value is -2.04. The Morgan fingerprint density at radius 1 is 1.26 bits per heavy atom. The number of benzene rings is 1. The van der Waals surface area contributed by atoms with Crippen molar-refractivity contribution in [2.75, 3.05) is 19.0 Å². The summed E-state index contributed by atoms with van der Waals surface area (Å²) < 4.78 is 4.99. The van der Waals surface area contributed by atoms with Gasteiger partial charge in [0.15, 0.2) is 0 Å². The predicted molar refractivity (Wildman–Crippen MR) is 74.2 cm³/mol. The fourth-order valence-corrected chi connectivity index (χ4v) is 1.71. The standard InChI is InChI=1S/C14H20N2O3/c1-4-11(13(17)15-3)16-12-9-7-6-8-10(12)14(18)19-5-2/h6-9,11,16H,4-5H2,1-3H3,(H,15,17). The molecule has 0 aliphatic heterocycles. The molecule has 0 radical (unpaired) electrons. The number of carbonyl (C=O) groups excluding carboxylic acids is 2. The molecule has 5 nitrogen and oxygen atoms in total. The van der Waals surface area contributed by atoms with Crippen LogP contribution in [0.1, 0.15) is 30.6 Å². The van der Waals surface area contributed by atoms with E-state index < -0.39 is 5.97 Å². The lowest BCUT2D eigenvalue weighted by Gasteiger charge is -2.18. The number of hydrogen-bond acceptors (Lipinski definition) is 4. The highest BCUT2D eigenvalue weighted by Gasteiger charge is 2.18. The number of hydrogen-bond donors (Lipinski definition) is 2. The molecule has 1 aromatic carbocycles. The molecule has 19 heavy (non-hydrogen) atoms. The highest BCUT2D eigenvalue weighted by molar-refractivity contribution is 5.96. The molecular weight excluding hydrogens is 244 g/mol. The maximum atomic E-state index is 11.8. The zero-order valence-electron chi connectivity index (χ0n) is 11.5. The van der Waals surface area contributed by atoms with Crippen LogP contribution in [0.4, 0.5) is 5.69 Å². The number of para-hydroxylation sites is 1. The molecule has 1 aromatic rings. The van der Waals surface area contributed by atoms with E-state index in [0.717, 1.165) is 0 Å². The van der Waals surface area contributed by atoms with Gasteiger partial charge < -0.3 is 15.4 Å². The Kier molecular flexibility index (Phi) is 5.85. The molecule has 104 valence electrons. The number of esters is 1. The summed E-state index contributed by atoms with van der Waals surface area (Å²) in [6.07, 6.45) is 0.622. The van der Waals surface area contributed by atoms with Crippen LogP contribution in [0, 0.1) is 0 Å². The van der Waals surface area contributed by atoms with Gasteiger partial charge in [-0.2, -0.15) is 0 Å². The lowest BCUT2D eigenvalue weighted by atomic mass is 10.1. The van der Waals surface area contributed by atoms with E-state index in [1.807, 2.05) is 13.0 Å². The summed E-state index contributed by atoms with van der Waals surface area (Å²) in [5.74, 6) is -0.501. The Bertz CT molecular complexity index is 446. The van der Waals surface area contributed by atoms with Crippen molar-refractivity contribution < 1.29 is 14.3 Å². The lowest BCUT2D eigenvalue weighted by Crippen LogP contribution is -2.37. The van der Waals surface area contributed by atoms with Crippen molar-refractivity contribution in [3.05, 3.63) is 29.8 Å². The number of amides is 1. The fraction of sp³-hybridized carbons (Fsp3) is 0.429. The van der Waals surface area contributed by atoms with Gasteiger partial charge in [-0.1, -0.05) is 19.1 Å². The SMILES string of the molecule is CCOC(=O)c1ccccc1NC(CC)C(=O)NC. The molecule has 0 heterocycles. The molecule has 0 fully saturated rings. The summed E-state index contributed by atoms with van der Waals surface area (Å²) >= 11 is 0. The zero-order valence-corrected chi connectivity index (χ0v) is 11.5. The average molecular weight is 264 g/mol. The number of carbonyl (C=O) groups is 2. The maximum absolute atomic E-state index is 11.8. The van der Waals surface area contributed by atoms with Crippen molar-refractivity contribution in [3.63, 3.8) is 0 Å². The molecule has 0 spiro atoms. The number of rotatable bonds is 6. The van der Waals surface area contributed by atoms with Gasteiger partial charge in [0.25, 0.3) is 0 Å². The first-order valence-electron chi connectivity index (χ1n) is 6.38. The summed E-state index contributed by atoms with van der Waals surface area (Å²) in [5.41, 5.74) is 1.04. The average Bonchev–Trinajstić information content (AvgIpc) is 2.44. The van der Waals surface area contributed by atoms with Gasteiger partial charge in [0.2, 0.25) is 5.91 Å². The molecule has 1 atom stereocenters. The third-order valence-corrected chi connectivity index (χ3v) is 2.72. The molecule has 1 amide bonds. The van der Waals surface area contributed by atoms with Crippen molar-refractivity contribution in [2.45, 2.75) is 26.3 Å². The van der Waals surface area contributed by atoms with Crippen molar-refractivity contribution in [1.82, 2.24) is 5.32 Å². The van der Waals surface area contributed by atoms with E-state index in [1.165, 1.54) is 0 Å². The summed E-state index contributed by atoms with van der Waals surface area (Å²) in [6, 6.07) is 6.63. The van der Waals surface area contributed by atoms with Crippen LogP contribution in [-0.2, 0) is 9.53 Å². The summed E-state index contributed by atoms with van der Waals surface area (Å²) in [7, 11) is 1.59. The number of ether oxygens (including phenoxy) is 1. The number of likely N-dealkylation sites (N-methyl/N-ethyl adjacent to an activating group) is 1. The van der Waals surface area contributed by atoms with E-state index >= 15 is 0 Å². The van der Waals surface area contributed by atoms with E-state index in [0.29, 0.717) is 24.3 Å². The second-order valence-corrected chi connectivity index (χ2v) is 3.99. The van der Waals surface area contributed by atoms with Crippen molar-refractivity contribution in [3.8, 4) is 0 Å². The molecule has 0 aromatic heterocycles. The van der Waals surface area contributed by atoms with Crippen LogP contribution in [-0.4, -0.2) is 31.6 Å². The Labute approximate surface area is 113 Å². The van der Waals surface area contributed by atoms with E-state index in [9.17, 15) is 9.59 Å². The van der Waals surface area contributed by atoms with Crippen LogP contribution in [0.5, 0.6) is 0 Å². The van der Waals surface area contributed by atoms with Crippen LogP contribution in [0.2, 0.25) is 0 Å². The molecule has 2 N–H and O–H groups in total. The summed E-state index contributed by atoms with van der Waals surface area (Å²) in [6.45, 7) is 3.98. The smallest absolute Gasteiger partial charge is 0.340 e. The summed E-state index contributed by atoms with van der Waals surface area (Å²) in [5, 5.41) is 5.67. The molecule has 1 unspecified atom stereocenters. The van der Waals surface area contributed by atoms with Crippen LogP contribution in [0.25, 0.3) is 0 Å². The van der Waals surface area contributed by atoms with Crippen molar-refractivity contribution >= 4 is 17.6 Å². The zero-order chi connectivity index (χ0) is 14.3. The van der Waals surface area contributed by atoms with Gasteiger partial charge in [-0.05, 0) is 25.5 Å². The molecule has 0 saturated carbocycles. The van der Waals surface area contributed by atoms with Gasteiger partial charge in [0.05, 0.1) is 12.2 Å². The van der Waals surface area contributed by atoms with Gasteiger partial charge >= 0.3 is 5.97 Å². The molecule has 1 rings (SSSR count). The monoisotopic (exact) mass is 264 g/mol. The molecule has 0 aliphatic rings. The van der Waals surface area contributed by atoms with E-state index in [1.54, 1.807) is 32.2 Å². The largest absolute Gasteiger partial charge is 0.462 e. The van der Waals surface area contributed by atoms with E-state index in [-0.39, 0.29) is 11.9 Å². The van der Waals surface area contributed by atoms with Crippen LogP contribution in [0.15, 0.2) is 24.3 Å². The Balaban J connectivity index is 2.94. The highest BCUT2D eigenvalue weighted by atomic mass is 16.5. The van der Waals surface area contributed by atoms with Gasteiger partial charge in [0.1, 0.15) is 6.04 Å². The quantitative estimate of drug-likeness (QED) is 0.769. The van der Waals surface area contributed by atoms with Gasteiger partial charge in [-0.25, -0.2) is 4.79 Å². The first kappa shape index (κ1) is 15.0. The second-order valence-electron chi connectivity index (χ2n) is 3.99. The third-order valence-electron chi connectivity index (χ3n) is 2.72. The topological polar surface area (TPSA) is 67.4 Å². The minimum Gasteiger partial charge on any atom is -0.462 e. The minimum absolute atomic E-state index is 0.110. The fourth-order valence-electron chi connectivity index (χ4n) is 1.71. The highest BCUT2D eigenvalue weighted by Crippen LogP contribution is 2.18. The Morgan fingerprint density at radius 2 is 1.95 bits per heavy atom. The van der Waals surface area contributed by atoms with Gasteiger partial charge in [-0.15, -0.1) is 0 Å². The molecule has 0 bridgehead atoms. The van der Waals surface area contributed by atoms with Crippen LogP contribution >= 0.6 is 0 Å². The van der Waals surface area contributed by atoms with Crippen molar-refractivity contribution in [1.29, 1.82) is 0 Å². The van der Waals surface area contributed by atoms with Crippen molar-refractivity contribution in [2.24, 2.45) is 0 Å². The van der Waals surface area contributed by atoms with Gasteiger partial charge in [0, 0.05) is 12.7 Å². The molecule has 0 saturated heterocycles. The number of anilines is 1. The predicted octanol–water partition coefficient (Wildman–Crippen LogP) is 1.80. The van der Waals surface area contributed by atoms with E-state index in [2.05, 4.69) is 10.6 Å². The normalized spacial score (nSPS) is 11.5. The minimum atomic E-state index is -0.391. The third kappa shape index (κ3) is 3.98. The summed E-state index contributed by atoms with van der Waals surface area (Å²) in [4.78, 5) is 23.5. The van der Waals surface area contributed by atoms with E-state index in [4.69, 9.17) is 4.74 Å². The van der Waals surface area contributed by atoms with Crippen LogP contribution < -0.4 is 10.6 Å². The van der Waals surface area contributed by atoms with Crippen LogP contribution in [0.3, 0.4) is 0 Å². The molecule has 5 heteroatoms.